The standard InChI is InChI=1S/C19H25NO3/c1-13(2)20-10-9-19(8-7-15(21)12-18(19)20)14-5-6-16(22-3)17(11-14)23-4/h5-8,11,13,18H,9-10,12H2,1-4H3/t18-,19-/m1/s1. The summed E-state index contributed by atoms with van der Waals surface area (Å²) in [6.07, 6.45) is 5.49. The summed E-state index contributed by atoms with van der Waals surface area (Å²) in [5.41, 5.74) is 1.09. The molecule has 124 valence electrons. The van der Waals surface area contributed by atoms with Gasteiger partial charge in [0.1, 0.15) is 0 Å². The van der Waals surface area contributed by atoms with E-state index in [0.29, 0.717) is 12.5 Å². The number of hydrogen-bond acceptors (Lipinski definition) is 4. The van der Waals surface area contributed by atoms with E-state index in [9.17, 15) is 4.79 Å². The summed E-state index contributed by atoms with van der Waals surface area (Å²) in [7, 11) is 3.31. The lowest BCUT2D eigenvalue weighted by atomic mass is 9.69. The monoisotopic (exact) mass is 315 g/mol. The fourth-order valence-electron chi connectivity index (χ4n) is 4.10. The van der Waals surface area contributed by atoms with Gasteiger partial charge < -0.3 is 9.47 Å². The van der Waals surface area contributed by atoms with E-state index in [-0.39, 0.29) is 17.2 Å². The Labute approximate surface area is 138 Å². The first-order valence-electron chi connectivity index (χ1n) is 8.22. The zero-order valence-electron chi connectivity index (χ0n) is 14.3. The van der Waals surface area contributed by atoms with Crippen molar-refractivity contribution in [3.05, 3.63) is 35.9 Å². The normalized spacial score (nSPS) is 27.3. The number of likely N-dealkylation sites (tertiary alicyclic amines) is 1. The summed E-state index contributed by atoms with van der Waals surface area (Å²) in [4.78, 5) is 14.5. The molecule has 0 bridgehead atoms. The Kier molecular flexibility index (Phi) is 4.19. The number of benzene rings is 1. The molecule has 0 N–H and O–H groups in total. The number of ketones is 1. The third-order valence-corrected chi connectivity index (χ3v) is 5.32. The molecule has 0 spiro atoms. The highest BCUT2D eigenvalue weighted by Crippen LogP contribution is 2.47. The van der Waals surface area contributed by atoms with E-state index in [1.54, 1.807) is 20.3 Å². The molecule has 2 atom stereocenters. The lowest BCUT2D eigenvalue weighted by Crippen LogP contribution is -2.47. The first-order valence-corrected chi connectivity index (χ1v) is 8.22. The van der Waals surface area contributed by atoms with Gasteiger partial charge in [0.25, 0.3) is 0 Å². The molecule has 0 saturated carbocycles. The summed E-state index contributed by atoms with van der Waals surface area (Å²) >= 11 is 0. The molecular formula is C19H25NO3. The van der Waals surface area contributed by atoms with E-state index in [1.807, 2.05) is 6.07 Å². The second kappa shape index (κ2) is 6.00. The van der Waals surface area contributed by atoms with Crippen molar-refractivity contribution in [1.29, 1.82) is 0 Å². The fraction of sp³-hybridized carbons (Fsp3) is 0.526. The maximum Gasteiger partial charge on any atom is 0.161 e. The minimum absolute atomic E-state index is 0.113. The number of methoxy groups -OCH3 is 2. The number of allylic oxidation sites excluding steroid dienone is 1. The van der Waals surface area contributed by atoms with Crippen LogP contribution in [0.1, 0.15) is 32.3 Å². The topological polar surface area (TPSA) is 38.8 Å². The van der Waals surface area contributed by atoms with E-state index < -0.39 is 0 Å². The molecule has 4 nitrogen and oxygen atoms in total. The fourth-order valence-corrected chi connectivity index (χ4v) is 4.10. The van der Waals surface area contributed by atoms with Crippen LogP contribution in [-0.2, 0) is 10.2 Å². The third-order valence-electron chi connectivity index (χ3n) is 5.32. The van der Waals surface area contributed by atoms with Crippen LogP contribution in [0.15, 0.2) is 30.4 Å². The quantitative estimate of drug-likeness (QED) is 0.856. The van der Waals surface area contributed by atoms with Crippen LogP contribution in [0, 0.1) is 0 Å². The molecule has 3 rings (SSSR count). The van der Waals surface area contributed by atoms with E-state index in [2.05, 4.69) is 37.0 Å². The highest BCUT2D eigenvalue weighted by Gasteiger charge is 2.49. The molecule has 1 saturated heterocycles. The molecule has 0 amide bonds. The Balaban J connectivity index is 2.08. The van der Waals surface area contributed by atoms with E-state index in [0.717, 1.165) is 24.5 Å². The molecule has 1 aliphatic heterocycles. The van der Waals surface area contributed by atoms with Crippen molar-refractivity contribution in [2.45, 2.75) is 44.2 Å². The van der Waals surface area contributed by atoms with Gasteiger partial charge in [-0.05, 0) is 50.6 Å². The molecule has 1 aromatic carbocycles. The van der Waals surface area contributed by atoms with Gasteiger partial charge in [-0.25, -0.2) is 0 Å². The molecular weight excluding hydrogens is 290 g/mol. The van der Waals surface area contributed by atoms with Crippen LogP contribution < -0.4 is 9.47 Å². The van der Waals surface area contributed by atoms with Gasteiger partial charge in [0.2, 0.25) is 0 Å². The molecule has 1 aromatic rings. The summed E-state index contributed by atoms with van der Waals surface area (Å²) in [6.45, 7) is 5.41. The smallest absolute Gasteiger partial charge is 0.161 e. The van der Waals surface area contributed by atoms with Gasteiger partial charge in [-0.2, -0.15) is 0 Å². The van der Waals surface area contributed by atoms with Gasteiger partial charge in [0, 0.05) is 23.9 Å². The van der Waals surface area contributed by atoms with E-state index in [4.69, 9.17) is 9.47 Å². The van der Waals surface area contributed by atoms with Crippen molar-refractivity contribution in [1.82, 2.24) is 4.90 Å². The Morgan fingerprint density at radius 1 is 1.22 bits per heavy atom. The van der Waals surface area contributed by atoms with Crippen molar-refractivity contribution < 1.29 is 14.3 Å². The van der Waals surface area contributed by atoms with Crippen LogP contribution in [-0.4, -0.2) is 43.5 Å². The van der Waals surface area contributed by atoms with Crippen LogP contribution in [0.3, 0.4) is 0 Å². The lowest BCUT2D eigenvalue weighted by Gasteiger charge is -2.40. The van der Waals surface area contributed by atoms with Crippen LogP contribution in [0.4, 0.5) is 0 Å². The van der Waals surface area contributed by atoms with E-state index in [1.165, 1.54) is 5.56 Å². The number of ether oxygens (including phenoxy) is 2. The molecule has 0 radical (unpaired) electrons. The van der Waals surface area contributed by atoms with Crippen molar-refractivity contribution in [2.75, 3.05) is 20.8 Å². The van der Waals surface area contributed by atoms with Gasteiger partial charge in [0.05, 0.1) is 14.2 Å². The summed E-state index contributed by atoms with van der Waals surface area (Å²) in [5, 5.41) is 0. The predicted molar refractivity (Wildman–Crippen MR) is 90.2 cm³/mol. The minimum Gasteiger partial charge on any atom is -0.493 e. The van der Waals surface area contributed by atoms with Gasteiger partial charge >= 0.3 is 0 Å². The van der Waals surface area contributed by atoms with Gasteiger partial charge in [-0.3, -0.25) is 9.69 Å². The van der Waals surface area contributed by atoms with Crippen LogP contribution >= 0.6 is 0 Å². The van der Waals surface area contributed by atoms with Crippen molar-refractivity contribution in [2.24, 2.45) is 0 Å². The van der Waals surface area contributed by atoms with Gasteiger partial charge in [-0.15, -0.1) is 0 Å². The minimum atomic E-state index is -0.113. The maximum atomic E-state index is 12.0. The number of carbonyl (C=O) groups excluding carboxylic acids is 1. The predicted octanol–water partition coefficient (Wildman–Crippen LogP) is 2.95. The van der Waals surface area contributed by atoms with Crippen LogP contribution in [0.25, 0.3) is 0 Å². The Morgan fingerprint density at radius 2 is 1.96 bits per heavy atom. The second-order valence-corrected chi connectivity index (χ2v) is 6.71. The third kappa shape index (κ3) is 2.55. The molecule has 1 heterocycles. The second-order valence-electron chi connectivity index (χ2n) is 6.71. The largest absolute Gasteiger partial charge is 0.493 e. The summed E-state index contributed by atoms with van der Waals surface area (Å²) < 4.78 is 10.8. The Bertz CT molecular complexity index is 638. The zero-order chi connectivity index (χ0) is 16.6. The number of carbonyl (C=O) groups is 1. The maximum absolute atomic E-state index is 12.0. The number of fused-ring (bicyclic) bond motifs is 1. The van der Waals surface area contributed by atoms with Crippen LogP contribution in [0.5, 0.6) is 11.5 Å². The average molecular weight is 315 g/mol. The average Bonchev–Trinajstić information content (AvgIpc) is 2.94. The van der Waals surface area contributed by atoms with Crippen molar-refractivity contribution >= 4 is 5.78 Å². The van der Waals surface area contributed by atoms with Crippen molar-refractivity contribution in [3.63, 3.8) is 0 Å². The molecule has 0 aromatic heterocycles. The SMILES string of the molecule is COc1ccc([C@]23C=CC(=O)C[C@H]2N(C(C)C)CC3)cc1OC. The van der Waals surface area contributed by atoms with Gasteiger partial charge in [-0.1, -0.05) is 12.1 Å². The Hall–Kier alpha value is -1.81. The van der Waals surface area contributed by atoms with Crippen LogP contribution in [0.2, 0.25) is 0 Å². The highest BCUT2D eigenvalue weighted by molar-refractivity contribution is 5.92. The molecule has 4 heteroatoms. The molecule has 1 fully saturated rings. The number of rotatable bonds is 4. The number of nitrogens with zero attached hydrogens (tertiary/aromatic N) is 1. The highest BCUT2D eigenvalue weighted by atomic mass is 16.5. The molecule has 2 aliphatic rings. The van der Waals surface area contributed by atoms with Gasteiger partial charge in [0.15, 0.2) is 17.3 Å². The summed E-state index contributed by atoms with van der Waals surface area (Å²) in [5.74, 6) is 1.70. The zero-order valence-corrected chi connectivity index (χ0v) is 14.3. The molecule has 0 unspecified atom stereocenters. The first-order chi connectivity index (χ1) is 11.0. The first kappa shape index (κ1) is 16.1. The lowest BCUT2D eigenvalue weighted by molar-refractivity contribution is -0.116. The molecule has 23 heavy (non-hydrogen) atoms. The number of hydrogen-bond donors (Lipinski definition) is 0. The molecule has 1 aliphatic carbocycles. The van der Waals surface area contributed by atoms with E-state index >= 15 is 0 Å². The summed E-state index contributed by atoms with van der Waals surface area (Å²) in [6, 6.07) is 6.79. The van der Waals surface area contributed by atoms with Crippen molar-refractivity contribution in [3.8, 4) is 11.5 Å². The Morgan fingerprint density at radius 3 is 2.61 bits per heavy atom.